The summed E-state index contributed by atoms with van der Waals surface area (Å²) in [5.41, 5.74) is 7.94. The van der Waals surface area contributed by atoms with E-state index in [0.717, 1.165) is 18.4 Å². The van der Waals surface area contributed by atoms with E-state index in [2.05, 4.69) is 5.10 Å². The van der Waals surface area contributed by atoms with E-state index in [0.29, 0.717) is 6.54 Å². The quantitative estimate of drug-likeness (QED) is 0.880. The van der Waals surface area contributed by atoms with Crippen molar-refractivity contribution in [2.45, 2.75) is 18.8 Å². The number of hydrogen-bond acceptors (Lipinski definition) is 2. The molecular weight excluding hydrogens is 229 g/mol. The van der Waals surface area contributed by atoms with Crippen molar-refractivity contribution >= 4 is 0 Å². The van der Waals surface area contributed by atoms with E-state index in [1.807, 2.05) is 25.5 Å². The van der Waals surface area contributed by atoms with Gasteiger partial charge in [-0.1, -0.05) is 12.1 Å². The van der Waals surface area contributed by atoms with Gasteiger partial charge in [-0.25, -0.2) is 4.39 Å². The summed E-state index contributed by atoms with van der Waals surface area (Å²) in [4.78, 5) is 0. The Kier molecular flexibility index (Phi) is 4.10. The number of nitrogens with zero attached hydrogens (tertiary/aromatic N) is 2. The van der Waals surface area contributed by atoms with Crippen molar-refractivity contribution in [3.05, 3.63) is 53.6 Å². The number of benzene rings is 1. The van der Waals surface area contributed by atoms with Crippen molar-refractivity contribution in [2.75, 3.05) is 6.54 Å². The number of aryl methyl sites for hydroxylation is 2. The van der Waals surface area contributed by atoms with E-state index in [1.54, 1.807) is 16.8 Å². The molecule has 1 unspecified atom stereocenters. The summed E-state index contributed by atoms with van der Waals surface area (Å²) in [7, 11) is 1.90. The molecule has 0 spiro atoms. The van der Waals surface area contributed by atoms with Crippen molar-refractivity contribution in [3.8, 4) is 0 Å². The van der Waals surface area contributed by atoms with Gasteiger partial charge in [-0.3, -0.25) is 4.68 Å². The first kappa shape index (κ1) is 12.8. The minimum absolute atomic E-state index is 0.195. The fourth-order valence-corrected chi connectivity index (χ4v) is 2.12. The molecule has 2 N–H and O–H groups in total. The fourth-order valence-electron chi connectivity index (χ4n) is 2.12. The highest BCUT2D eigenvalue weighted by molar-refractivity contribution is 5.21. The largest absolute Gasteiger partial charge is 0.330 e. The van der Waals surface area contributed by atoms with Crippen LogP contribution in [0.25, 0.3) is 0 Å². The van der Waals surface area contributed by atoms with E-state index < -0.39 is 0 Å². The summed E-state index contributed by atoms with van der Waals surface area (Å²) in [5.74, 6) is -0.00626. The lowest BCUT2D eigenvalue weighted by atomic mass is 9.93. The monoisotopic (exact) mass is 247 g/mol. The van der Waals surface area contributed by atoms with Gasteiger partial charge in [0, 0.05) is 13.2 Å². The van der Waals surface area contributed by atoms with Crippen molar-refractivity contribution in [2.24, 2.45) is 12.8 Å². The molecule has 0 aliphatic rings. The smallest absolute Gasteiger partial charge is 0.123 e. The molecule has 18 heavy (non-hydrogen) atoms. The van der Waals surface area contributed by atoms with Gasteiger partial charge in [0.15, 0.2) is 0 Å². The van der Waals surface area contributed by atoms with Gasteiger partial charge in [0.25, 0.3) is 0 Å². The van der Waals surface area contributed by atoms with Crippen molar-refractivity contribution in [3.63, 3.8) is 0 Å². The van der Waals surface area contributed by atoms with E-state index in [1.165, 1.54) is 11.6 Å². The molecule has 1 aromatic carbocycles. The molecule has 0 saturated carbocycles. The van der Waals surface area contributed by atoms with Crippen LogP contribution in [0.1, 0.15) is 23.5 Å². The summed E-state index contributed by atoms with van der Waals surface area (Å²) in [6.07, 6.45) is 5.68. The third kappa shape index (κ3) is 3.17. The van der Waals surface area contributed by atoms with Crippen molar-refractivity contribution in [1.29, 1.82) is 0 Å². The lowest BCUT2D eigenvalue weighted by Crippen LogP contribution is -2.13. The third-order valence-corrected chi connectivity index (χ3v) is 3.14. The van der Waals surface area contributed by atoms with E-state index in [4.69, 9.17) is 5.73 Å². The summed E-state index contributed by atoms with van der Waals surface area (Å²) >= 11 is 0. The van der Waals surface area contributed by atoms with Gasteiger partial charge in [0.1, 0.15) is 5.82 Å². The van der Waals surface area contributed by atoms with Crippen LogP contribution in [-0.4, -0.2) is 16.3 Å². The van der Waals surface area contributed by atoms with E-state index in [-0.39, 0.29) is 11.7 Å². The molecule has 0 fully saturated rings. The topological polar surface area (TPSA) is 43.8 Å². The lowest BCUT2D eigenvalue weighted by Gasteiger charge is -2.14. The SMILES string of the molecule is Cn1cc(CCC(CN)c2cccc(F)c2)cn1. The Hall–Kier alpha value is -1.68. The first-order chi connectivity index (χ1) is 8.69. The lowest BCUT2D eigenvalue weighted by molar-refractivity contribution is 0.603. The van der Waals surface area contributed by atoms with Gasteiger partial charge < -0.3 is 5.73 Å². The molecular formula is C14H18FN3. The number of nitrogens with two attached hydrogens (primary N) is 1. The molecule has 4 heteroatoms. The molecule has 0 aliphatic carbocycles. The second kappa shape index (κ2) is 5.78. The Morgan fingerprint density at radius 2 is 2.28 bits per heavy atom. The molecule has 1 heterocycles. The zero-order valence-corrected chi connectivity index (χ0v) is 10.5. The molecule has 96 valence electrons. The minimum Gasteiger partial charge on any atom is -0.330 e. The van der Waals surface area contributed by atoms with Crippen LogP contribution in [-0.2, 0) is 13.5 Å². The Labute approximate surface area is 106 Å². The molecule has 0 aliphatic heterocycles. The summed E-state index contributed by atoms with van der Waals surface area (Å²) in [6.45, 7) is 0.531. The fraction of sp³-hybridized carbons (Fsp3) is 0.357. The molecule has 2 aromatic rings. The highest BCUT2D eigenvalue weighted by atomic mass is 19.1. The van der Waals surface area contributed by atoms with Crippen LogP contribution in [0.5, 0.6) is 0 Å². The molecule has 0 bridgehead atoms. The molecule has 1 atom stereocenters. The maximum atomic E-state index is 13.2. The second-order valence-corrected chi connectivity index (χ2v) is 4.55. The van der Waals surface area contributed by atoms with Crippen molar-refractivity contribution < 1.29 is 4.39 Å². The van der Waals surface area contributed by atoms with E-state index >= 15 is 0 Å². The predicted octanol–water partition coefficient (Wildman–Crippen LogP) is 2.23. The normalized spacial score (nSPS) is 12.6. The number of hydrogen-bond donors (Lipinski definition) is 1. The minimum atomic E-state index is -0.202. The highest BCUT2D eigenvalue weighted by Crippen LogP contribution is 2.21. The second-order valence-electron chi connectivity index (χ2n) is 4.55. The van der Waals surface area contributed by atoms with Crippen LogP contribution < -0.4 is 5.73 Å². The Morgan fingerprint density at radius 1 is 1.44 bits per heavy atom. The van der Waals surface area contributed by atoms with E-state index in [9.17, 15) is 4.39 Å². The predicted molar refractivity (Wildman–Crippen MR) is 69.7 cm³/mol. The Bertz CT molecular complexity index is 507. The standard InChI is InChI=1S/C14H18FN3/c1-18-10-11(9-17-18)5-6-13(8-16)12-3-2-4-14(15)7-12/h2-4,7,9-10,13H,5-6,8,16H2,1H3. The summed E-state index contributed by atoms with van der Waals surface area (Å²) in [5, 5.41) is 4.13. The molecule has 0 radical (unpaired) electrons. The molecule has 0 amide bonds. The summed E-state index contributed by atoms with van der Waals surface area (Å²) < 4.78 is 15.0. The number of halogens is 1. The van der Waals surface area contributed by atoms with Crippen LogP contribution >= 0.6 is 0 Å². The third-order valence-electron chi connectivity index (χ3n) is 3.14. The maximum Gasteiger partial charge on any atom is 0.123 e. The van der Waals surface area contributed by atoms with Gasteiger partial charge in [-0.2, -0.15) is 5.10 Å². The van der Waals surface area contributed by atoms with Crippen LogP contribution in [0.2, 0.25) is 0 Å². The molecule has 2 rings (SSSR count). The maximum absolute atomic E-state index is 13.2. The average Bonchev–Trinajstić information content (AvgIpc) is 2.76. The van der Waals surface area contributed by atoms with Crippen LogP contribution in [0.3, 0.4) is 0 Å². The Balaban J connectivity index is 2.01. The van der Waals surface area contributed by atoms with Crippen LogP contribution in [0.4, 0.5) is 4.39 Å². The molecule has 0 saturated heterocycles. The van der Waals surface area contributed by atoms with Gasteiger partial charge in [0.05, 0.1) is 6.20 Å². The zero-order valence-electron chi connectivity index (χ0n) is 10.5. The average molecular weight is 247 g/mol. The number of rotatable bonds is 5. The van der Waals surface area contributed by atoms with Crippen LogP contribution in [0.15, 0.2) is 36.7 Å². The number of aromatic nitrogens is 2. The van der Waals surface area contributed by atoms with Crippen molar-refractivity contribution in [1.82, 2.24) is 9.78 Å². The first-order valence-electron chi connectivity index (χ1n) is 6.12. The van der Waals surface area contributed by atoms with Gasteiger partial charge in [-0.15, -0.1) is 0 Å². The van der Waals surface area contributed by atoms with Gasteiger partial charge in [-0.05, 0) is 48.6 Å². The van der Waals surface area contributed by atoms with Gasteiger partial charge >= 0.3 is 0 Å². The van der Waals surface area contributed by atoms with Crippen LogP contribution in [0, 0.1) is 5.82 Å². The molecule has 3 nitrogen and oxygen atoms in total. The zero-order chi connectivity index (χ0) is 13.0. The molecule has 1 aromatic heterocycles. The first-order valence-corrected chi connectivity index (χ1v) is 6.12. The Morgan fingerprint density at radius 3 is 2.89 bits per heavy atom. The highest BCUT2D eigenvalue weighted by Gasteiger charge is 2.11. The summed E-state index contributed by atoms with van der Waals surface area (Å²) in [6, 6.07) is 6.69. The van der Waals surface area contributed by atoms with Gasteiger partial charge in [0.2, 0.25) is 0 Å².